The number of carboxylic acids is 2. The highest BCUT2D eigenvalue weighted by molar-refractivity contribution is 6.11. The van der Waals surface area contributed by atoms with E-state index in [1.807, 2.05) is 0 Å². The van der Waals surface area contributed by atoms with E-state index in [-0.39, 0.29) is 11.1 Å². The maximum Gasteiger partial charge on any atom is 0.0715 e. The van der Waals surface area contributed by atoms with E-state index in [9.17, 15) is 19.8 Å². The third kappa shape index (κ3) is 3.22. The molecule has 3 aromatic rings. The maximum atomic E-state index is 11.2. The van der Waals surface area contributed by atoms with Crippen LogP contribution in [0.2, 0.25) is 0 Å². The van der Waals surface area contributed by atoms with Crippen LogP contribution in [0.4, 0.5) is 0 Å². The van der Waals surface area contributed by atoms with Gasteiger partial charge in [-0.1, -0.05) is 38.3 Å². The smallest absolute Gasteiger partial charge is 0.0715 e. The van der Waals surface area contributed by atoms with E-state index in [0.29, 0.717) is 0 Å². The number of rotatable bonds is 7. The molecule has 2 aromatic carbocycles. The number of aryl methyl sites for hydroxylation is 1. The van der Waals surface area contributed by atoms with Gasteiger partial charge in [-0.05, 0) is 41.8 Å². The van der Waals surface area contributed by atoms with Crippen LogP contribution in [0.1, 0.15) is 53.3 Å². The number of carbonyl (C=O) groups is 2. The summed E-state index contributed by atoms with van der Waals surface area (Å²) in [5.41, 5.74) is 1.95. The third-order valence-corrected chi connectivity index (χ3v) is 4.57. The van der Waals surface area contributed by atoms with Crippen molar-refractivity contribution in [1.82, 2.24) is 4.57 Å². The van der Waals surface area contributed by atoms with Crippen molar-refractivity contribution in [2.45, 2.75) is 39.2 Å². The van der Waals surface area contributed by atoms with E-state index < -0.39 is 11.9 Å². The Hall–Kier alpha value is -2.82. The number of carbonyl (C=O) groups excluding carboxylic acids is 2. The molecule has 5 nitrogen and oxygen atoms in total. The molecule has 5 heteroatoms. The first-order valence-electron chi connectivity index (χ1n) is 8.51. The fourth-order valence-electron chi connectivity index (χ4n) is 3.30. The molecule has 0 spiro atoms. The minimum absolute atomic E-state index is 0.0800. The number of nitrogens with zero attached hydrogens (tertiary/aromatic N) is 1. The first kappa shape index (κ1) is 17.0. The highest BCUT2D eigenvalue weighted by atomic mass is 16.4. The van der Waals surface area contributed by atoms with E-state index in [4.69, 9.17) is 0 Å². The van der Waals surface area contributed by atoms with Crippen LogP contribution in [-0.2, 0) is 6.54 Å². The first-order chi connectivity index (χ1) is 12.0. The predicted molar refractivity (Wildman–Crippen MR) is 92.2 cm³/mol. The van der Waals surface area contributed by atoms with E-state index in [1.54, 1.807) is 24.3 Å². The summed E-state index contributed by atoms with van der Waals surface area (Å²) in [7, 11) is 0. The van der Waals surface area contributed by atoms with E-state index in [0.717, 1.165) is 47.6 Å². The standard InChI is InChI=1S/C20H21NO4/c1-2-3-4-5-10-21-17-8-6-13(19(22)23)11-15(17)16-12-14(20(24)25)7-9-18(16)21/h6-9,11-12H,2-5,10H2,1H3,(H,22,23)(H,24,25)/p-2. The minimum atomic E-state index is -1.25. The Morgan fingerprint density at radius 3 is 1.80 bits per heavy atom. The topological polar surface area (TPSA) is 85.2 Å². The van der Waals surface area contributed by atoms with Crippen LogP contribution in [0, 0.1) is 0 Å². The van der Waals surface area contributed by atoms with Gasteiger partial charge in [-0.15, -0.1) is 0 Å². The fourth-order valence-corrected chi connectivity index (χ4v) is 3.30. The van der Waals surface area contributed by atoms with Crippen LogP contribution in [0.25, 0.3) is 21.8 Å². The molecule has 0 atom stereocenters. The fraction of sp³-hybridized carbons (Fsp3) is 0.300. The summed E-state index contributed by atoms with van der Waals surface area (Å²) in [6, 6.07) is 9.68. The van der Waals surface area contributed by atoms with Gasteiger partial charge >= 0.3 is 0 Å². The van der Waals surface area contributed by atoms with Gasteiger partial charge in [0.15, 0.2) is 0 Å². The molecule has 0 saturated heterocycles. The molecule has 0 N–H and O–H groups in total. The van der Waals surface area contributed by atoms with Crippen molar-refractivity contribution in [3.05, 3.63) is 47.5 Å². The lowest BCUT2D eigenvalue weighted by atomic mass is 10.1. The van der Waals surface area contributed by atoms with Gasteiger partial charge in [0.25, 0.3) is 0 Å². The molecule has 0 unspecified atom stereocenters. The second kappa shape index (κ2) is 6.97. The Kier molecular flexibility index (Phi) is 4.74. The Bertz CT molecular complexity index is 884. The summed E-state index contributed by atoms with van der Waals surface area (Å²) in [6.07, 6.45) is 4.45. The molecule has 3 rings (SSSR count). The largest absolute Gasteiger partial charge is 0.545 e. The molecule has 0 bridgehead atoms. The van der Waals surface area contributed by atoms with Gasteiger partial charge in [0.05, 0.1) is 11.9 Å². The summed E-state index contributed by atoms with van der Waals surface area (Å²) in [4.78, 5) is 22.4. The number of hydrogen-bond donors (Lipinski definition) is 0. The molecule has 0 fully saturated rings. The molecule has 0 saturated carbocycles. The van der Waals surface area contributed by atoms with Crippen molar-refractivity contribution in [1.29, 1.82) is 0 Å². The van der Waals surface area contributed by atoms with E-state index in [2.05, 4.69) is 11.5 Å². The normalized spacial score (nSPS) is 11.2. The lowest BCUT2D eigenvalue weighted by Gasteiger charge is -2.08. The van der Waals surface area contributed by atoms with Gasteiger partial charge < -0.3 is 24.4 Å². The molecule has 1 heterocycles. The lowest BCUT2D eigenvalue weighted by molar-refractivity contribution is -0.256. The number of carboxylic acid groups (broad SMARTS) is 2. The summed E-state index contributed by atoms with van der Waals surface area (Å²) in [5.74, 6) is -2.50. The molecule has 25 heavy (non-hydrogen) atoms. The summed E-state index contributed by atoms with van der Waals surface area (Å²) in [6.45, 7) is 2.96. The minimum Gasteiger partial charge on any atom is -0.545 e. The van der Waals surface area contributed by atoms with Crippen molar-refractivity contribution < 1.29 is 19.8 Å². The maximum absolute atomic E-state index is 11.2. The SMILES string of the molecule is CCCCCCn1c2ccc(C(=O)[O-])cc2c2cc(C(=O)[O-])ccc21. The van der Waals surface area contributed by atoms with Crippen LogP contribution < -0.4 is 10.2 Å². The zero-order valence-corrected chi connectivity index (χ0v) is 14.1. The molecule has 0 aliphatic rings. The van der Waals surface area contributed by atoms with Crippen molar-refractivity contribution >= 4 is 33.7 Å². The van der Waals surface area contributed by atoms with Crippen LogP contribution >= 0.6 is 0 Å². The van der Waals surface area contributed by atoms with Crippen LogP contribution in [0.3, 0.4) is 0 Å². The number of fused-ring (bicyclic) bond motifs is 3. The lowest BCUT2D eigenvalue weighted by Crippen LogP contribution is -2.22. The Balaban J connectivity index is 2.18. The first-order valence-corrected chi connectivity index (χ1v) is 8.51. The van der Waals surface area contributed by atoms with Crippen molar-refractivity contribution in [2.24, 2.45) is 0 Å². The molecule has 0 aliphatic carbocycles. The second-order valence-electron chi connectivity index (χ2n) is 6.25. The van der Waals surface area contributed by atoms with Crippen molar-refractivity contribution in [3.63, 3.8) is 0 Å². The zero-order valence-electron chi connectivity index (χ0n) is 14.1. The van der Waals surface area contributed by atoms with E-state index in [1.165, 1.54) is 18.6 Å². The number of aromatic nitrogens is 1. The van der Waals surface area contributed by atoms with Crippen molar-refractivity contribution in [2.75, 3.05) is 0 Å². The molecule has 0 amide bonds. The summed E-state index contributed by atoms with van der Waals surface area (Å²) < 4.78 is 2.12. The Labute approximate surface area is 145 Å². The van der Waals surface area contributed by atoms with E-state index >= 15 is 0 Å². The number of benzene rings is 2. The number of unbranched alkanes of at least 4 members (excludes halogenated alkanes) is 3. The number of aromatic carboxylic acids is 2. The monoisotopic (exact) mass is 337 g/mol. The van der Waals surface area contributed by atoms with Crippen molar-refractivity contribution in [3.8, 4) is 0 Å². The average molecular weight is 337 g/mol. The quantitative estimate of drug-likeness (QED) is 0.618. The molecule has 130 valence electrons. The number of hydrogen-bond acceptors (Lipinski definition) is 4. The predicted octanol–water partition coefficient (Wildman–Crippen LogP) is 2.10. The second-order valence-corrected chi connectivity index (χ2v) is 6.25. The highest BCUT2D eigenvalue weighted by Gasteiger charge is 2.12. The molecule has 0 aliphatic heterocycles. The zero-order chi connectivity index (χ0) is 18.0. The molecular weight excluding hydrogens is 318 g/mol. The van der Waals surface area contributed by atoms with Crippen LogP contribution in [0.15, 0.2) is 36.4 Å². The van der Waals surface area contributed by atoms with Gasteiger partial charge in [0.2, 0.25) is 0 Å². The van der Waals surface area contributed by atoms with Gasteiger partial charge in [0.1, 0.15) is 0 Å². The van der Waals surface area contributed by atoms with Gasteiger partial charge in [-0.3, -0.25) is 0 Å². The Morgan fingerprint density at radius 2 is 1.36 bits per heavy atom. The van der Waals surface area contributed by atoms with Gasteiger partial charge in [-0.25, -0.2) is 0 Å². The Morgan fingerprint density at radius 1 is 0.840 bits per heavy atom. The van der Waals surface area contributed by atoms with Gasteiger partial charge in [0, 0.05) is 28.4 Å². The van der Waals surface area contributed by atoms with Crippen LogP contribution in [0.5, 0.6) is 0 Å². The van der Waals surface area contributed by atoms with Gasteiger partial charge in [-0.2, -0.15) is 0 Å². The third-order valence-electron chi connectivity index (χ3n) is 4.57. The summed E-state index contributed by atoms with van der Waals surface area (Å²) in [5, 5.41) is 23.8. The highest BCUT2D eigenvalue weighted by Crippen LogP contribution is 2.31. The molecule has 1 aromatic heterocycles. The molecule has 0 radical (unpaired) electrons. The average Bonchev–Trinajstić information content (AvgIpc) is 2.91. The van der Waals surface area contributed by atoms with Crippen LogP contribution in [-0.4, -0.2) is 16.5 Å². The molecular formula is C20H19NO4-2. The summed E-state index contributed by atoms with van der Waals surface area (Å²) >= 11 is 0.